The van der Waals surface area contributed by atoms with Crippen molar-refractivity contribution in [3.05, 3.63) is 29.8 Å². The second kappa shape index (κ2) is 8.93. The number of nitrogens with zero attached hydrogens (tertiary/aromatic N) is 1. The summed E-state index contributed by atoms with van der Waals surface area (Å²) in [6, 6.07) is 6.47. The van der Waals surface area contributed by atoms with Crippen molar-refractivity contribution in [1.82, 2.24) is 9.62 Å². The van der Waals surface area contributed by atoms with E-state index in [-0.39, 0.29) is 30.2 Å². The number of hydrogen-bond acceptors (Lipinski definition) is 5. The average Bonchev–Trinajstić information content (AvgIpc) is 2.61. The van der Waals surface area contributed by atoms with Gasteiger partial charge in [-0.2, -0.15) is 4.31 Å². The maximum atomic E-state index is 12.5. The van der Waals surface area contributed by atoms with Crippen molar-refractivity contribution in [3.8, 4) is 0 Å². The van der Waals surface area contributed by atoms with E-state index in [0.29, 0.717) is 32.7 Å². The van der Waals surface area contributed by atoms with E-state index in [4.69, 9.17) is 9.84 Å². The summed E-state index contributed by atoms with van der Waals surface area (Å²) in [6.07, 6.45) is 0.561. The Morgan fingerprint density at radius 3 is 2.36 bits per heavy atom. The van der Waals surface area contributed by atoms with E-state index in [1.807, 2.05) is 0 Å². The summed E-state index contributed by atoms with van der Waals surface area (Å²) in [5, 5.41) is 11.0. The molecule has 0 atom stereocenters. The van der Waals surface area contributed by atoms with Crippen molar-refractivity contribution in [2.45, 2.75) is 24.2 Å². The molecule has 25 heavy (non-hydrogen) atoms. The van der Waals surface area contributed by atoms with Gasteiger partial charge in [0.15, 0.2) is 0 Å². The van der Waals surface area contributed by atoms with Crippen LogP contribution < -0.4 is 5.32 Å². The molecular formula is C16H22N2O6S. The van der Waals surface area contributed by atoms with Crippen molar-refractivity contribution in [1.29, 1.82) is 0 Å². The number of carboxylic acid groups (broad SMARTS) is 1. The molecule has 1 amide bonds. The highest BCUT2D eigenvalue weighted by Gasteiger charge is 2.26. The summed E-state index contributed by atoms with van der Waals surface area (Å²) in [4.78, 5) is 22.2. The van der Waals surface area contributed by atoms with E-state index in [9.17, 15) is 18.0 Å². The molecule has 1 saturated heterocycles. The summed E-state index contributed by atoms with van der Waals surface area (Å²) >= 11 is 0. The van der Waals surface area contributed by atoms with Crippen LogP contribution in [0, 0.1) is 0 Å². The minimum Gasteiger partial charge on any atom is -0.481 e. The van der Waals surface area contributed by atoms with Crippen LogP contribution in [-0.2, 0) is 30.8 Å². The summed E-state index contributed by atoms with van der Waals surface area (Å²) in [5.74, 6) is -1.19. The molecule has 1 aliphatic heterocycles. The third kappa shape index (κ3) is 5.80. The van der Waals surface area contributed by atoms with Crippen molar-refractivity contribution in [3.63, 3.8) is 0 Å². The van der Waals surface area contributed by atoms with Crippen LogP contribution in [0.15, 0.2) is 29.2 Å². The van der Waals surface area contributed by atoms with Crippen LogP contribution in [0.5, 0.6) is 0 Å². The van der Waals surface area contributed by atoms with Crippen LogP contribution in [0.4, 0.5) is 0 Å². The number of aliphatic carboxylic acids is 1. The molecule has 0 aromatic heterocycles. The highest BCUT2D eigenvalue weighted by atomic mass is 32.2. The topological polar surface area (TPSA) is 113 Å². The first-order chi connectivity index (χ1) is 11.9. The number of sulfonamides is 1. The number of nitrogens with one attached hydrogen (secondary N) is 1. The molecule has 0 bridgehead atoms. The van der Waals surface area contributed by atoms with Gasteiger partial charge in [0.1, 0.15) is 0 Å². The first kappa shape index (κ1) is 19.4. The molecule has 1 aromatic rings. The zero-order chi connectivity index (χ0) is 18.3. The Morgan fingerprint density at radius 2 is 1.76 bits per heavy atom. The zero-order valence-corrected chi connectivity index (χ0v) is 14.6. The number of carboxylic acids is 1. The smallest absolute Gasteiger partial charge is 0.305 e. The maximum absolute atomic E-state index is 12.5. The van der Waals surface area contributed by atoms with Crippen LogP contribution in [0.3, 0.4) is 0 Å². The molecule has 2 rings (SSSR count). The van der Waals surface area contributed by atoms with Crippen molar-refractivity contribution >= 4 is 21.9 Å². The molecule has 0 unspecified atom stereocenters. The van der Waals surface area contributed by atoms with Crippen molar-refractivity contribution in [2.24, 2.45) is 0 Å². The zero-order valence-electron chi connectivity index (χ0n) is 13.8. The van der Waals surface area contributed by atoms with E-state index in [2.05, 4.69) is 5.32 Å². The average molecular weight is 370 g/mol. The summed E-state index contributed by atoms with van der Waals surface area (Å²) in [5.41, 5.74) is 0.842. The number of carbonyl (C=O) groups excluding carboxylic acids is 1. The van der Waals surface area contributed by atoms with E-state index in [0.717, 1.165) is 5.56 Å². The molecule has 1 aliphatic rings. The number of benzene rings is 1. The van der Waals surface area contributed by atoms with Gasteiger partial charge in [0.05, 0.1) is 24.5 Å². The minimum atomic E-state index is -3.51. The summed E-state index contributed by atoms with van der Waals surface area (Å²) in [7, 11) is -3.51. The van der Waals surface area contributed by atoms with Crippen LogP contribution >= 0.6 is 0 Å². The third-order valence-corrected chi connectivity index (χ3v) is 5.75. The molecule has 2 N–H and O–H groups in total. The monoisotopic (exact) mass is 370 g/mol. The maximum Gasteiger partial charge on any atom is 0.305 e. The molecule has 1 heterocycles. The predicted octanol–water partition coefficient (Wildman–Crippen LogP) is 0.231. The van der Waals surface area contributed by atoms with Crippen LogP contribution in [0.1, 0.15) is 18.4 Å². The Morgan fingerprint density at radius 1 is 1.12 bits per heavy atom. The standard InChI is InChI=1S/C16H22N2O6S/c19-15(17-8-7-16(20)21)6-3-13-1-4-14(5-2-13)25(22,23)18-9-11-24-12-10-18/h1-2,4-5H,3,6-12H2,(H,17,19)(H,20,21). The molecular weight excluding hydrogens is 348 g/mol. The lowest BCUT2D eigenvalue weighted by molar-refractivity contribution is -0.136. The van der Waals surface area contributed by atoms with Gasteiger partial charge >= 0.3 is 5.97 Å². The van der Waals surface area contributed by atoms with Crippen molar-refractivity contribution in [2.75, 3.05) is 32.8 Å². The fraction of sp³-hybridized carbons (Fsp3) is 0.500. The van der Waals surface area contributed by atoms with Gasteiger partial charge in [-0.1, -0.05) is 12.1 Å². The van der Waals surface area contributed by atoms with Gasteiger partial charge < -0.3 is 15.2 Å². The first-order valence-corrected chi connectivity index (χ1v) is 9.49. The number of hydrogen-bond donors (Lipinski definition) is 2. The Balaban J connectivity index is 1.87. The minimum absolute atomic E-state index is 0.102. The number of morpholine rings is 1. The molecule has 8 nitrogen and oxygen atoms in total. The van der Waals surface area contributed by atoms with E-state index < -0.39 is 16.0 Å². The summed E-state index contributed by atoms with van der Waals surface area (Å²) < 4.78 is 31.6. The van der Waals surface area contributed by atoms with Crippen LogP contribution in [-0.4, -0.2) is 62.6 Å². The largest absolute Gasteiger partial charge is 0.481 e. The molecule has 138 valence electrons. The number of ether oxygens (including phenoxy) is 1. The van der Waals surface area contributed by atoms with Gasteiger partial charge in [0.25, 0.3) is 0 Å². The Hall–Kier alpha value is -1.97. The highest BCUT2D eigenvalue weighted by Crippen LogP contribution is 2.18. The molecule has 0 radical (unpaired) electrons. The number of aryl methyl sites for hydroxylation is 1. The molecule has 1 fully saturated rings. The molecule has 0 spiro atoms. The van der Waals surface area contributed by atoms with Gasteiger partial charge in [-0.3, -0.25) is 9.59 Å². The van der Waals surface area contributed by atoms with Gasteiger partial charge in [0, 0.05) is 26.1 Å². The van der Waals surface area contributed by atoms with Gasteiger partial charge in [-0.25, -0.2) is 8.42 Å². The van der Waals surface area contributed by atoms with Crippen molar-refractivity contribution < 1.29 is 27.9 Å². The fourth-order valence-corrected chi connectivity index (χ4v) is 3.83. The van der Waals surface area contributed by atoms with Gasteiger partial charge in [0.2, 0.25) is 15.9 Å². The molecule has 9 heteroatoms. The molecule has 1 aromatic carbocycles. The Kier molecular flexibility index (Phi) is 6.91. The number of carbonyl (C=O) groups is 2. The SMILES string of the molecule is O=C(O)CCNC(=O)CCc1ccc(S(=O)(=O)N2CCOCC2)cc1. The van der Waals surface area contributed by atoms with Crippen LogP contribution in [0.2, 0.25) is 0 Å². The lowest BCUT2D eigenvalue weighted by Gasteiger charge is -2.26. The lowest BCUT2D eigenvalue weighted by Crippen LogP contribution is -2.40. The lowest BCUT2D eigenvalue weighted by atomic mass is 10.1. The number of amides is 1. The summed E-state index contributed by atoms with van der Waals surface area (Å²) in [6.45, 7) is 1.59. The quantitative estimate of drug-likeness (QED) is 0.677. The van der Waals surface area contributed by atoms with E-state index >= 15 is 0 Å². The highest BCUT2D eigenvalue weighted by molar-refractivity contribution is 7.89. The Bertz CT molecular complexity index is 696. The van der Waals surface area contributed by atoms with Gasteiger partial charge in [-0.15, -0.1) is 0 Å². The third-order valence-electron chi connectivity index (χ3n) is 3.83. The normalized spacial score (nSPS) is 15.7. The molecule has 0 saturated carbocycles. The predicted molar refractivity (Wildman–Crippen MR) is 89.6 cm³/mol. The fourth-order valence-electron chi connectivity index (χ4n) is 2.42. The van der Waals surface area contributed by atoms with E-state index in [1.54, 1.807) is 24.3 Å². The molecule has 0 aliphatic carbocycles. The number of rotatable bonds is 8. The first-order valence-electron chi connectivity index (χ1n) is 8.05. The van der Waals surface area contributed by atoms with Gasteiger partial charge in [-0.05, 0) is 24.1 Å². The van der Waals surface area contributed by atoms with Crippen LogP contribution in [0.25, 0.3) is 0 Å². The second-order valence-electron chi connectivity index (χ2n) is 5.65. The van der Waals surface area contributed by atoms with E-state index in [1.165, 1.54) is 4.31 Å². The second-order valence-corrected chi connectivity index (χ2v) is 7.59. The Labute approximate surface area is 146 Å².